The fourth-order valence-corrected chi connectivity index (χ4v) is 1.83. The summed E-state index contributed by atoms with van der Waals surface area (Å²) in [5.41, 5.74) is 1.82. The number of aryl methyl sites for hydroxylation is 1. The van der Waals surface area contributed by atoms with Crippen molar-refractivity contribution in [3.05, 3.63) is 45.8 Å². The maximum atomic E-state index is 11.5. The minimum absolute atomic E-state index is 0.304. The van der Waals surface area contributed by atoms with Crippen LogP contribution in [0.5, 0.6) is 0 Å². The quantitative estimate of drug-likeness (QED) is 0.818. The van der Waals surface area contributed by atoms with Gasteiger partial charge in [0.15, 0.2) is 0 Å². The molecule has 100 valence electrons. The van der Waals surface area contributed by atoms with E-state index in [1.54, 1.807) is 13.0 Å². The molecule has 1 heterocycles. The van der Waals surface area contributed by atoms with Gasteiger partial charge >= 0.3 is 11.6 Å². The molecule has 0 spiro atoms. The SMILES string of the molecule is Cc1ccc2c(CN[C@@H](C)C(=O)O)cc(=O)oc2c1. The van der Waals surface area contributed by atoms with Crippen molar-refractivity contribution in [2.24, 2.45) is 0 Å². The number of carbonyl (C=O) groups is 1. The highest BCUT2D eigenvalue weighted by Crippen LogP contribution is 2.18. The van der Waals surface area contributed by atoms with E-state index in [-0.39, 0.29) is 0 Å². The monoisotopic (exact) mass is 261 g/mol. The van der Waals surface area contributed by atoms with Gasteiger partial charge in [-0.25, -0.2) is 4.79 Å². The number of hydrogen-bond acceptors (Lipinski definition) is 4. The molecular formula is C14H15NO4. The molecule has 2 aromatic rings. The number of carboxylic acid groups (broad SMARTS) is 1. The number of nitrogens with one attached hydrogen (secondary N) is 1. The molecular weight excluding hydrogens is 246 g/mol. The van der Waals surface area contributed by atoms with Crippen LogP contribution < -0.4 is 10.9 Å². The van der Waals surface area contributed by atoms with Crippen LogP contribution in [0.15, 0.2) is 33.5 Å². The molecule has 5 heteroatoms. The molecule has 0 aliphatic rings. The van der Waals surface area contributed by atoms with Gasteiger partial charge in [0.05, 0.1) is 0 Å². The van der Waals surface area contributed by atoms with Gasteiger partial charge in [-0.05, 0) is 31.0 Å². The average molecular weight is 261 g/mol. The molecule has 0 radical (unpaired) electrons. The Morgan fingerprint density at radius 3 is 2.84 bits per heavy atom. The zero-order valence-corrected chi connectivity index (χ0v) is 10.8. The third-order valence-corrected chi connectivity index (χ3v) is 2.95. The second-order valence-corrected chi connectivity index (χ2v) is 4.53. The molecule has 0 unspecified atom stereocenters. The Hall–Kier alpha value is -2.14. The van der Waals surface area contributed by atoms with E-state index in [1.165, 1.54) is 6.07 Å². The molecule has 0 saturated carbocycles. The molecule has 1 aromatic heterocycles. The van der Waals surface area contributed by atoms with Gasteiger partial charge < -0.3 is 14.8 Å². The van der Waals surface area contributed by atoms with Crippen molar-refractivity contribution >= 4 is 16.9 Å². The minimum Gasteiger partial charge on any atom is -0.480 e. The lowest BCUT2D eigenvalue weighted by molar-refractivity contribution is -0.139. The molecule has 1 aromatic carbocycles. The van der Waals surface area contributed by atoms with Crippen molar-refractivity contribution in [3.63, 3.8) is 0 Å². The lowest BCUT2D eigenvalue weighted by Crippen LogP contribution is -2.33. The second kappa shape index (κ2) is 5.24. The molecule has 0 amide bonds. The van der Waals surface area contributed by atoms with Gasteiger partial charge in [0.2, 0.25) is 0 Å². The van der Waals surface area contributed by atoms with Crippen LogP contribution in [0.4, 0.5) is 0 Å². The lowest BCUT2D eigenvalue weighted by atomic mass is 10.1. The number of rotatable bonds is 4. The molecule has 19 heavy (non-hydrogen) atoms. The molecule has 0 fully saturated rings. The number of benzene rings is 1. The summed E-state index contributed by atoms with van der Waals surface area (Å²) in [5.74, 6) is -0.928. The van der Waals surface area contributed by atoms with Crippen molar-refractivity contribution in [1.29, 1.82) is 0 Å². The first-order chi connectivity index (χ1) is 8.97. The smallest absolute Gasteiger partial charge is 0.336 e. The Labute approximate surface area is 109 Å². The van der Waals surface area contributed by atoms with E-state index in [0.717, 1.165) is 16.5 Å². The van der Waals surface area contributed by atoms with Crippen LogP contribution in [-0.2, 0) is 11.3 Å². The number of hydrogen-bond donors (Lipinski definition) is 2. The fourth-order valence-electron chi connectivity index (χ4n) is 1.83. The third-order valence-electron chi connectivity index (χ3n) is 2.95. The Morgan fingerprint density at radius 2 is 2.16 bits per heavy atom. The predicted molar refractivity (Wildman–Crippen MR) is 71.2 cm³/mol. The standard InChI is InChI=1S/C14H15NO4/c1-8-3-4-11-10(7-15-9(2)14(17)18)6-13(16)19-12(11)5-8/h3-6,9,15H,7H2,1-2H3,(H,17,18)/t9-/m0/s1. The number of carboxylic acids is 1. The lowest BCUT2D eigenvalue weighted by Gasteiger charge is -2.10. The van der Waals surface area contributed by atoms with Crippen LogP contribution in [0.1, 0.15) is 18.1 Å². The zero-order valence-electron chi connectivity index (χ0n) is 10.8. The Kier molecular flexibility index (Phi) is 3.66. The summed E-state index contributed by atoms with van der Waals surface area (Å²) in [6.07, 6.45) is 0. The summed E-state index contributed by atoms with van der Waals surface area (Å²) in [4.78, 5) is 22.2. The van der Waals surface area contributed by atoms with E-state index in [4.69, 9.17) is 9.52 Å². The van der Waals surface area contributed by atoms with Crippen molar-refractivity contribution in [1.82, 2.24) is 5.32 Å². The van der Waals surface area contributed by atoms with E-state index in [1.807, 2.05) is 19.1 Å². The highest BCUT2D eigenvalue weighted by molar-refractivity contribution is 5.81. The molecule has 0 saturated heterocycles. The van der Waals surface area contributed by atoms with Gasteiger partial charge in [0, 0.05) is 18.0 Å². The van der Waals surface area contributed by atoms with Gasteiger partial charge in [-0.1, -0.05) is 12.1 Å². The maximum Gasteiger partial charge on any atom is 0.336 e. The van der Waals surface area contributed by atoms with Crippen LogP contribution >= 0.6 is 0 Å². The number of aliphatic carboxylic acids is 1. The number of fused-ring (bicyclic) bond motifs is 1. The van der Waals surface area contributed by atoms with Crippen LogP contribution in [0, 0.1) is 6.92 Å². The molecule has 0 bridgehead atoms. The van der Waals surface area contributed by atoms with E-state index < -0.39 is 17.6 Å². The Balaban J connectivity index is 2.37. The van der Waals surface area contributed by atoms with Crippen LogP contribution in [0.2, 0.25) is 0 Å². The van der Waals surface area contributed by atoms with Crippen molar-refractivity contribution in [3.8, 4) is 0 Å². The van der Waals surface area contributed by atoms with Gasteiger partial charge in [0.25, 0.3) is 0 Å². The minimum atomic E-state index is -0.928. The normalized spacial score (nSPS) is 12.5. The van der Waals surface area contributed by atoms with Crippen LogP contribution in [0.3, 0.4) is 0 Å². The summed E-state index contributed by atoms with van der Waals surface area (Å²) in [5, 5.41) is 12.5. The molecule has 0 aliphatic carbocycles. The van der Waals surface area contributed by atoms with Gasteiger partial charge in [-0.3, -0.25) is 4.79 Å². The highest BCUT2D eigenvalue weighted by atomic mass is 16.4. The third kappa shape index (κ3) is 3.00. The predicted octanol–water partition coefficient (Wildman–Crippen LogP) is 1.66. The van der Waals surface area contributed by atoms with Gasteiger partial charge in [-0.15, -0.1) is 0 Å². The van der Waals surface area contributed by atoms with Crippen LogP contribution in [-0.4, -0.2) is 17.1 Å². The summed E-state index contributed by atoms with van der Waals surface area (Å²) in [6, 6.07) is 6.30. The first kappa shape index (κ1) is 13.3. The van der Waals surface area contributed by atoms with Gasteiger partial charge in [0.1, 0.15) is 11.6 Å². The van der Waals surface area contributed by atoms with E-state index >= 15 is 0 Å². The Morgan fingerprint density at radius 1 is 1.42 bits per heavy atom. The molecule has 1 atom stereocenters. The first-order valence-electron chi connectivity index (χ1n) is 5.97. The average Bonchev–Trinajstić information content (AvgIpc) is 2.34. The largest absolute Gasteiger partial charge is 0.480 e. The molecule has 2 rings (SSSR count). The fraction of sp³-hybridized carbons (Fsp3) is 0.286. The molecule has 0 aliphatic heterocycles. The van der Waals surface area contributed by atoms with E-state index in [9.17, 15) is 9.59 Å². The van der Waals surface area contributed by atoms with E-state index in [0.29, 0.717) is 12.1 Å². The van der Waals surface area contributed by atoms with Crippen molar-refractivity contribution in [2.75, 3.05) is 0 Å². The molecule has 5 nitrogen and oxygen atoms in total. The summed E-state index contributed by atoms with van der Waals surface area (Å²) in [6.45, 7) is 3.77. The molecule has 2 N–H and O–H groups in total. The van der Waals surface area contributed by atoms with Crippen molar-refractivity contribution in [2.45, 2.75) is 26.4 Å². The van der Waals surface area contributed by atoms with Crippen LogP contribution in [0.25, 0.3) is 11.0 Å². The first-order valence-corrected chi connectivity index (χ1v) is 5.97. The van der Waals surface area contributed by atoms with Crippen molar-refractivity contribution < 1.29 is 14.3 Å². The zero-order chi connectivity index (χ0) is 14.0. The topological polar surface area (TPSA) is 79.5 Å². The summed E-state index contributed by atoms with van der Waals surface area (Å²) < 4.78 is 5.14. The Bertz CT molecular complexity index is 675. The summed E-state index contributed by atoms with van der Waals surface area (Å²) >= 11 is 0. The highest BCUT2D eigenvalue weighted by Gasteiger charge is 2.11. The van der Waals surface area contributed by atoms with E-state index in [2.05, 4.69) is 5.32 Å². The summed E-state index contributed by atoms with van der Waals surface area (Å²) in [7, 11) is 0. The van der Waals surface area contributed by atoms with Gasteiger partial charge in [-0.2, -0.15) is 0 Å². The second-order valence-electron chi connectivity index (χ2n) is 4.53. The maximum absolute atomic E-state index is 11.5.